The molecule has 0 heterocycles. The molecule has 0 aliphatic rings. The predicted molar refractivity (Wildman–Crippen MR) is 103 cm³/mol. The number of amides is 3. The van der Waals surface area contributed by atoms with Crippen LogP contribution in [-0.2, 0) is 25.2 Å². The van der Waals surface area contributed by atoms with E-state index in [0.717, 1.165) is 5.56 Å². The molecule has 7 heteroatoms. The van der Waals surface area contributed by atoms with Crippen molar-refractivity contribution < 1.29 is 23.9 Å². The van der Waals surface area contributed by atoms with Crippen LogP contribution >= 0.6 is 0 Å². The molecular formula is C20H30N2O5. The van der Waals surface area contributed by atoms with Crippen molar-refractivity contribution in [3.05, 3.63) is 29.3 Å². The molecule has 0 bridgehead atoms. The van der Waals surface area contributed by atoms with Gasteiger partial charge in [0.1, 0.15) is 5.75 Å². The van der Waals surface area contributed by atoms with E-state index >= 15 is 0 Å². The van der Waals surface area contributed by atoms with Gasteiger partial charge in [-0.05, 0) is 34.9 Å². The normalized spacial score (nSPS) is 12.9. The van der Waals surface area contributed by atoms with Gasteiger partial charge in [-0.25, -0.2) is 9.59 Å². The Kier molecular flexibility index (Phi) is 7.00. The smallest absolute Gasteiger partial charge is 0.344 e. The van der Waals surface area contributed by atoms with E-state index in [-0.39, 0.29) is 17.4 Å². The van der Waals surface area contributed by atoms with E-state index < -0.39 is 24.0 Å². The zero-order chi connectivity index (χ0) is 21.0. The van der Waals surface area contributed by atoms with Gasteiger partial charge in [-0.1, -0.05) is 53.7 Å². The van der Waals surface area contributed by atoms with Crippen LogP contribution in [-0.4, -0.2) is 30.6 Å². The fraction of sp³-hybridized carbons (Fsp3) is 0.550. The Balaban J connectivity index is 2.86. The number of esters is 1. The molecule has 0 saturated heterocycles. The number of rotatable bonds is 5. The van der Waals surface area contributed by atoms with Crippen molar-refractivity contribution in [3.63, 3.8) is 0 Å². The second-order valence-corrected chi connectivity index (χ2v) is 8.49. The molecule has 0 aromatic heterocycles. The lowest BCUT2D eigenvalue weighted by molar-refractivity contribution is -0.156. The summed E-state index contributed by atoms with van der Waals surface area (Å²) >= 11 is 0. The van der Waals surface area contributed by atoms with Crippen LogP contribution in [0.4, 0.5) is 4.79 Å². The molecule has 1 atom stereocenters. The second-order valence-electron chi connectivity index (χ2n) is 8.49. The van der Waals surface area contributed by atoms with Crippen LogP contribution < -0.4 is 15.8 Å². The number of urea groups is 1. The molecule has 0 unspecified atom stereocenters. The van der Waals surface area contributed by atoms with Crippen molar-refractivity contribution >= 4 is 17.9 Å². The first kappa shape index (κ1) is 22.5. The first-order valence-electron chi connectivity index (χ1n) is 8.79. The first-order valence-corrected chi connectivity index (χ1v) is 8.79. The summed E-state index contributed by atoms with van der Waals surface area (Å²) in [7, 11) is 0. The molecule has 0 fully saturated rings. The van der Waals surface area contributed by atoms with Gasteiger partial charge in [0.25, 0.3) is 5.91 Å². The number of hydrogen-bond donors (Lipinski definition) is 2. The Morgan fingerprint density at radius 1 is 1.07 bits per heavy atom. The molecular weight excluding hydrogens is 348 g/mol. The minimum Gasteiger partial charge on any atom is -0.482 e. The molecule has 1 rings (SSSR count). The third-order valence-electron chi connectivity index (χ3n) is 3.92. The van der Waals surface area contributed by atoms with Gasteiger partial charge in [-0.15, -0.1) is 0 Å². The second kappa shape index (κ2) is 8.41. The molecule has 0 saturated carbocycles. The Labute approximate surface area is 160 Å². The fourth-order valence-corrected chi connectivity index (χ4v) is 2.35. The van der Waals surface area contributed by atoms with Crippen LogP contribution in [0.1, 0.15) is 59.6 Å². The highest BCUT2D eigenvalue weighted by atomic mass is 16.6. The molecule has 27 heavy (non-hydrogen) atoms. The summed E-state index contributed by atoms with van der Waals surface area (Å²) in [6.07, 6.45) is -1.15. The number of nitrogens with two attached hydrogens (primary N) is 1. The largest absolute Gasteiger partial charge is 0.482 e. The number of carbonyl (C=O) groups is 3. The van der Waals surface area contributed by atoms with E-state index in [0.29, 0.717) is 5.75 Å². The van der Waals surface area contributed by atoms with Crippen molar-refractivity contribution in [2.75, 3.05) is 6.61 Å². The third-order valence-corrected chi connectivity index (χ3v) is 3.92. The van der Waals surface area contributed by atoms with Gasteiger partial charge < -0.3 is 15.2 Å². The monoisotopic (exact) mass is 378 g/mol. The Morgan fingerprint density at radius 3 is 2.15 bits per heavy atom. The molecule has 150 valence electrons. The summed E-state index contributed by atoms with van der Waals surface area (Å²) in [6, 6.07) is 4.90. The molecule has 1 aromatic rings. The first-order chi connectivity index (χ1) is 12.2. The zero-order valence-electron chi connectivity index (χ0n) is 17.1. The lowest BCUT2D eigenvalue weighted by Crippen LogP contribution is -2.42. The lowest BCUT2D eigenvalue weighted by atomic mass is 9.80. The summed E-state index contributed by atoms with van der Waals surface area (Å²) in [5.74, 6) is -0.927. The van der Waals surface area contributed by atoms with Gasteiger partial charge >= 0.3 is 12.0 Å². The Bertz CT molecular complexity index is 714. The van der Waals surface area contributed by atoms with E-state index in [1.807, 2.05) is 17.4 Å². The van der Waals surface area contributed by atoms with Crippen LogP contribution in [0.25, 0.3) is 0 Å². The fourth-order valence-electron chi connectivity index (χ4n) is 2.35. The van der Waals surface area contributed by atoms with Crippen LogP contribution in [0.3, 0.4) is 0 Å². The van der Waals surface area contributed by atoms with E-state index in [1.165, 1.54) is 12.5 Å². The molecule has 0 spiro atoms. The number of benzene rings is 1. The SMILES string of the molecule is C[C@H](OC(=O)COc1ccc(C(C)(C)C)cc1C(C)(C)C)C(=O)NC(N)=O. The predicted octanol–water partition coefficient (Wildman–Crippen LogP) is 2.79. The minimum atomic E-state index is -1.15. The van der Waals surface area contributed by atoms with Crippen molar-refractivity contribution in [3.8, 4) is 5.75 Å². The van der Waals surface area contributed by atoms with Gasteiger partial charge in [0.15, 0.2) is 12.7 Å². The molecule has 3 amide bonds. The quantitative estimate of drug-likeness (QED) is 0.766. The topological polar surface area (TPSA) is 108 Å². The molecule has 0 radical (unpaired) electrons. The van der Waals surface area contributed by atoms with Crippen molar-refractivity contribution in [2.24, 2.45) is 5.73 Å². The van der Waals surface area contributed by atoms with Gasteiger partial charge in [0.2, 0.25) is 0 Å². The van der Waals surface area contributed by atoms with E-state index in [4.69, 9.17) is 15.2 Å². The summed E-state index contributed by atoms with van der Waals surface area (Å²) < 4.78 is 10.6. The minimum absolute atomic E-state index is 0.0132. The van der Waals surface area contributed by atoms with E-state index in [2.05, 4.69) is 47.6 Å². The van der Waals surface area contributed by atoms with Crippen molar-refractivity contribution in [1.29, 1.82) is 0 Å². The summed E-state index contributed by atoms with van der Waals surface area (Å²) in [5.41, 5.74) is 6.80. The average Bonchev–Trinajstić information content (AvgIpc) is 2.50. The van der Waals surface area contributed by atoms with Crippen LogP contribution in [0, 0.1) is 0 Å². The maximum atomic E-state index is 12.0. The van der Waals surface area contributed by atoms with Crippen LogP contribution in [0.2, 0.25) is 0 Å². The number of hydrogen-bond acceptors (Lipinski definition) is 5. The zero-order valence-corrected chi connectivity index (χ0v) is 17.1. The molecule has 0 aliphatic heterocycles. The summed E-state index contributed by atoms with van der Waals surface area (Å²) in [4.78, 5) is 34.2. The molecule has 1 aromatic carbocycles. The Hall–Kier alpha value is -2.57. The Morgan fingerprint density at radius 2 is 1.67 bits per heavy atom. The maximum Gasteiger partial charge on any atom is 0.344 e. The van der Waals surface area contributed by atoms with Crippen molar-refractivity contribution in [2.45, 2.75) is 65.4 Å². The average molecular weight is 378 g/mol. The third kappa shape index (κ3) is 6.92. The van der Waals surface area contributed by atoms with Gasteiger partial charge in [0, 0.05) is 0 Å². The number of ether oxygens (including phenoxy) is 2. The summed E-state index contributed by atoms with van der Waals surface area (Å²) in [5, 5.41) is 1.85. The van der Waals surface area contributed by atoms with Crippen LogP contribution in [0.5, 0.6) is 5.75 Å². The van der Waals surface area contributed by atoms with Gasteiger partial charge in [-0.3, -0.25) is 10.1 Å². The number of nitrogens with one attached hydrogen (secondary N) is 1. The highest BCUT2D eigenvalue weighted by Crippen LogP contribution is 2.35. The van der Waals surface area contributed by atoms with Gasteiger partial charge in [-0.2, -0.15) is 0 Å². The van der Waals surface area contributed by atoms with Gasteiger partial charge in [0.05, 0.1) is 0 Å². The van der Waals surface area contributed by atoms with E-state index in [1.54, 1.807) is 0 Å². The van der Waals surface area contributed by atoms with Crippen LogP contribution in [0.15, 0.2) is 18.2 Å². The number of primary amides is 1. The highest BCUT2D eigenvalue weighted by molar-refractivity contribution is 5.96. The lowest BCUT2D eigenvalue weighted by Gasteiger charge is -2.27. The highest BCUT2D eigenvalue weighted by Gasteiger charge is 2.24. The number of imide groups is 1. The summed E-state index contributed by atoms with van der Waals surface area (Å²) in [6.45, 7) is 13.6. The maximum absolute atomic E-state index is 12.0. The number of carbonyl (C=O) groups excluding carboxylic acids is 3. The molecule has 7 nitrogen and oxygen atoms in total. The molecule has 0 aliphatic carbocycles. The van der Waals surface area contributed by atoms with E-state index in [9.17, 15) is 14.4 Å². The molecule has 3 N–H and O–H groups in total. The standard InChI is InChI=1S/C20H30N2O5/c1-12(17(24)22-18(21)25)27-16(23)11-26-15-9-8-13(19(2,3)4)10-14(15)20(5,6)7/h8-10,12H,11H2,1-7H3,(H3,21,22,24,25)/t12-/m0/s1. The van der Waals surface area contributed by atoms with Crippen molar-refractivity contribution in [1.82, 2.24) is 5.32 Å².